The fraction of sp³-hybridized carbons (Fsp3) is 0. The van der Waals surface area contributed by atoms with Gasteiger partial charge in [0.05, 0.1) is 11.0 Å². The van der Waals surface area contributed by atoms with E-state index in [1.807, 2.05) is 78.9 Å². The summed E-state index contributed by atoms with van der Waals surface area (Å²) in [6.07, 6.45) is 3.54. The molecule has 1 heterocycles. The molecule has 2 nitrogen and oxygen atoms in total. The van der Waals surface area contributed by atoms with Crippen LogP contribution in [0.15, 0.2) is 83.3 Å². The number of allylic oxidation sites excluding steroid dienone is 1. The standard InChI is InChI=1S/C22H14BrNO/c23-16-11-9-15(10-12-16)22(25)14-13-17-18-5-1-3-7-20(18)24-21-8-4-2-6-19(17)21/h1-14H/b14-13+. The maximum atomic E-state index is 12.5. The minimum Gasteiger partial charge on any atom is -0.289 e. The van der Waals surface area contributed by atoms with E-state index in [2.05, 4.69) is 15.9 Å². The van der Waals surface area contributed by atoms with Crippen LogP contribution in [-0.4, -0.2) is 10.8 Å². The number of pyridine rings is 1. The molecule has 0 aliphatic carbocycles. The molecule has 4 aromatic rings. The minimum atomic E-state index is -0.0162. The van der Waals surface area contributed by atoms with Crippen molar-refractivity contribution in [3.8, 4) is 0 Å². The van der Waals surface area contributed by atoms with E-state index in [0.717, 1.165) is 31.8 Å². The van der Waals surface area contributed by atoms with Crippen molar-refractivity contribution < 1.29 is 4.79 Å². The number of fused-ring (bicyclic) bond motifs is 2. The first-order chi connectivity index (χ1) is 12.2. The van der Waals surface area contributed by atoms with Crippen LogP contribution < -0.4 is 0 Å². The maximum Gasteiger partial charge on any atom is 0.185 e. The van der Waals surface area contributed by atoms with Gasteiger partial charge in [-0.3, -0.25) is 4.79 Å². The van der Waals surface area contributed by atoms with E-state index < -0.39 is 0 Å². The van der Waals surface area contributed by atoms with Crippen molar-refractivity contribution in [1.82, 2.24) is 4.98 Å². The Labute approximate surface area is 154 Å². The molecular formula is C22H14BrNO. The number of carbonyl (C=O) groups is 1. The summed E-state index contributed by atoms with van der Waals surface area (Å²) >= 11 is 3.39. The molecule has 25 heavy (non-hydrogen) atoms. The van der Waals surface area contributed by atoms with Gasteiger partial charge in [0, 0.05) is 20.8 Å². The van der Waals surface area contributed by atoms with Gasteiger partial charge in [-0.25, -0.2) is 4.98 Å². The van der Waals surface area contributed by atoms with Gasteiger partial charge < -0.3 is 0 Å². The van der Waals surface area contributed by atoms with Gasteiger partial charge in [0.25, 0.3) is 0 Å². The molecule has 4 rings (SSSR count). The Balaban J connectivity index is 1.84. The quantitative estimate of drug-likeness (QED) is 0.243. The minimum absolute atomic E-state index is 0.0162. The molecule has 120 valence electrons. The Hall–Kier alpha value is -2.78. The van der Waals surface area contributed by atoms with Gasteiger partial charge in [0.2, 0.25) is 0 Å². The Morgan fingerprint density at radius 1 is 0.800 bits per heavy atom. The lowest BCUT2D eigenvalue weighted by Crippen LogP contribution is -1.94. The van der Waals surface area contributed by atoms with Crippen molar-refractivity contribution in [1.29, 1.82) is 0 Å². The number of ketones is 1. The van der Waals surface area contributed by atoms with Crippen LogP contribution in [0.25, 0.3) is 27.9 Å². The Morgan fingerprint density at radius 3 is 1.96 bits per heavy atom. The van der Waals surface area contributed by atoms with Crippen LogP contribution in [0.5, 0.6) is 0 Å². The first kappa shape index (κ1) is 15.7. The summed E-state index contributed by atoms with van der Waals surface area (Å²) in [7, 11) is 0. The Morgan fingerprint density at radius 2 is 1.36 bits per heavy atom. The molecule has 0 spiro atoms. The third kappa shape index (κ3) is 3.11. The number of carbonyl (C=O) groups excluding carboxylic acids is 1. The zero-order valence-electron chi connectivity index (χ0n) is 13.3. The monoisotopic (exact) mass is 387 g/mol. The third-order valence-corrected chi connectivity index (χ3v) is 4.69. The predicted molar refractivity (Wildman–Crippen MR) is 107 cm³/mol. The normalized spacial score (nSPS) is 11.4. The van der Waals surface area contributed by atoms with E-state index in [-0.39, 0.29) is 5.78 Å². The van der Waals surface area contributed by atoms with E-state index in [9.17, 15) is 4.79 Å². The highest BCUT2D eigenvalue weighted by atomic mass is 79.9. The highest BCUT2D eigenvalue weighted by molar-refractivity contribution is 9.10. The third-order valence-electron chi connectivity index (χ3n) is 4.16. The van der Waals surface area contributed by atoms with Gasteiger partial charge in [-0.15, -0.1) is 0 Å². The first-order valence-corrected chi connectivity index (χ1v) is 8.77. The van der Waals surface area contributed by atoms with E-state index in [0.29, 0.717) is 5.56 Å². The number of rotatable bonds is 3. The van der Waals surface area contributed by atoms with E-state index in [1.54, 1.807) is 6.08 Å². The van der Waals surface area contributed by atoms with Gasteiger partial charge in [-0.05, 0) is 54.1 Å². The zero-order chi connectivity index (χ0) is 17.2. The molecule has 3 aromatic carbocycles. The molecule has 0 aliphatic rings. The van der Waals surface area contributed by atoms with Crippen molar-refractivity contribution in [2.24, 2.45) is 0 Å². The Kier molecular flexibility index (Phi) is 4.16. The number of hydrogen-bond acceptors (Lipinski definition) is 2. The molecule has 0 saturated heterocycles. The number of para-hydroxylation sites is 2. The van der Waals surface area contributed by atoms with Gasteiger partial charge in [0.1, 0.15) is 0 Å². The summed E-state index contributed by atoms with van der Waals surface area (Å²) < 4.78 is 0.958. The molecular weight excluding hydrogens is 374 g/mol. The summed E-state index contributed by atoms with van der Waals surface area (Å²) in [6.45, 7) is 0. The van der Waals surface area contributed by atoms with Crippen molar-refractivity contribution in [2.75, 3.05) is 0 Å². The number of halogens is 1. The molecule has 0 atom stereocenters. The molecule has 0 saturated carbocycles. The van der Waals surface area contributed by atoms with Gasteiger partial charge >= 0.3 is 0 Å². The highest BCUT2D eigenvalue weighted by Crippen LogP contribution is 2.27. The lowest BCUT2D eigenvalue weighted by atomic mass is 10.0. The lowest BCUT2D eigenvalue weighted by molar-refractivity contribution is 0.104. The van der Waals surface area contributed by atoms with Crippen LogP contribution in [0, 0.1) is 0 Å². The second-order valence-electron chi connectivity index (χ2n) is 5.76. The van der Waals surface area contributed by atoms with E-state index in [1.165, 1.54) is 0 Å². The smallest absolute Gasteiger partial charge is 0.185 e. The van der Waals surface area contributed by atoms with Crippen LogP contribution >= 0.6 is 15.9 Å². The molecule has 0 fully saturated rings. The molecule has 0 N–H and O–H groups in total. The number of aromatic nitrogens is 1. The van der Waals surface area contributed by atoms with Crippen LogP contribution in [0.4, 0.5) is 0 Å². The van der Waals surface area contributed by atoms with E-state index >= 15 is 0 Å². The molecule has 0 aliphatic heterocycles. The second kappa shape index (κ2) is 6.61. The van der Waals surface area contributed by atoms with E-state index in [4.69, 9.17) is 4.98 Å². The van der Waals surface area contributed by atoms with Gasteiger partial charge in [0.15, 0.2) is 5.78 Å². The summed E-state index contributed by atoms with van der Waals surface area (Å²) in [5, 5.41) is 2.09. The van der Waals surface area contributed by atoms with Crippen molar-refractivity contribution in [3.05, 3.63) is 94.5 Å². The van der Waals surface area contributed by atoms with Crippen LogP contribution in [-0.2, 0) is 0 Å². The maximum absolute atomic E-state index is 12.5. The summed E-state index contributed by atoms with van der Waals surface area (Å²) in [5.41, 5.74) is 3.54. The molecule has 0 bridgehead atoms. The number of benzene rings is 3. The van der Waals surface area contributed by atoms with Crippen LogP contribution in [0.2, 0.25) is 0 Å². The number of nitrogens with zero attached hydrogens (tertiary/aromatic N) is 1. The molecule has 0 radical (unpaired) electrons. The molecule has 0 unspecified atom stereocenters. The second-order valence-corrected chi connectivity index (χ2v) is 6.68. The topological polar surface area (TPSA) is 30.0 Å². The average molecular weight is 388 g/mol. The lowest BCUT2D eigenvalue weighted by Gasteiger charge is -2.07. The fourth-order valence-corrected chi connectivity index (χ4v) is 3.19. The molecule has 0 amide bonds. The predicted octanol–water partition coefficient (Wildman–Crippen LogP) is 6.05. The molecule has 1 aromatic heterocycles. The van der Waals surface area contributed by atoms with Crippen LogP contribution in [0.1, 0.15) is 15.9 Å². The summed E-state index contributed by atoms with van der Waals surface area (Å²) in [6, 6.07) is 23.4. The summed E-state index contributed by atoms with van der Waals surface area (Å²) in [5.74, 6) is -0.0162. The van der Waals surface area contributed by atoms with Crippen molar-refractivity contribution in [2.45, 2.75) is 0 Å². The summed E-state index contributed by atoms with van der Waals surface area (Å²) in [4.78, 5) is 17.2. The van der Waals surface area contributed by atoms with Gasteiger partial charge in [-0.2, -0.15) is 0 Å². The van der Waals surface area contributed by atoms with Crippen molar-refractivity contribution >= 4 is 49.6 Å². The molecule has 3 heteroatoms. The largest absolute Gasteiger partial charge is 0.289 e. The SMILES string of the molecule is O=C(/C=C/c1c2ccccc2nc2ccccc12)c1ccc(Br)cc1. The van der Waals surface area contributed by atoms with Crippen molar-refractivity contribution in [3.63, 3.8) is 0 Å². The zero-order valence-corrected chi connectivity index (χ0v) is 14.9. The fourth-order valence-electron chi connectivity index (χ4n) is 2.92. The first-order valence-electron chi connectivity index (χ1n) is 7.98. The van der Waals surface area contributed by atoms with Gasteiger partial charge in [-0.1, -0.05) is 52.3 Å². The average Bonchev–Trinajstić information content (AvgIpc) is 2.65. The Bertz CT molecular complexity index is 1060. The van der Waals surface area contributed by atoms with Crippen LogP contribution in [0.3, 0.4) is 0 Å². The number of hydrogen-bond donors (Lipinski definition) is 0. The highest BCUT2D eigenvalue weighted by Gasteiger charge is 2.07.